The normalized spacial score (nSPS) is 9.65. The monoisotopic (exact) mass is 336 g/mol. The molecule has 0 saturated heterocycles. The fraction of sp³-hybridized carbons (Fsp3) is 0. The minimum absolute atomic E-state index is 0.508. The summed E-state index contributed by atoms with van der Waals surface area (Å²) in [5.41, 5.74) is 6.85. The predicted molar refractivity (Wildman–Crippen MR) is 74.8 cm³/mol. The van der Waals surface area contributed by atoms with Crippen LogP contribution >= 0.6 is 22.6 Å². The summed E-state index contributed by atoms with van der Waals surface area (Å²) in [6.07, 6.45) is 0. The largest absolute Gasteiger partial charge is 0.454 e. The van der Waals surface area contributed by atoms with Gasteiger partial charge in [0.05, 0.1) is 20.9 Å². The van der Waals surface area contributed by atoms with Gasteiger partial charge in [0.2, 0.25) is 0 Å². The Morgan fingerprint density at radius 3 is 2.59 bits per heavy atom. The zero-order chi connectivity index (χ0) is 12.3. The highest BCUT2D eigenvalue weighted by Crippen LogP contribution is 2.30. The van der Waals surface area contributed by atoms with E-state index in [0.717, 1.165) is 9.32 Å². The molecule has 0 bridgehead atoms. The van der Waals surface area contributed by atoms with Gasteiger partial charge in [-0.15, -0.1) is 0 Å². The van der Waals surface area contributed by atoms with E-state index in [1.54, 1.807) is 18.2 Å². The Bertz CT molecular complexity index is 590. The fourth-order valence-corrected chi connectivity index (χ4v) is 1.84. The van der Waals surface area contributed by atoms with E-state index in [-0.39, 0.29) is 0 Å². The van der Waals surface area contributed by atoms with Crippen molar-refractivity contribution in [3.63, 3.8) is 0 Å². The molecule has 0 atom stereocenters. The third-order valence-corrected chi connectivity index (χ3v) is 3.09. The van der Waals surface area contributed by atoms with Crippen LogP contribution in [0.3, 0.4) is 0 Å². The van der Waals surface area contributed by atoms with Crippen LogP contribution in [-0.2, 0) is 0 Å². The van der Waals surface area contributed by atoms with Crippen LogP contribution in [-0.4, -0.2) is 0 Å². The van der Waals surface area contributed by atoms with Crippen LogP contribution in [0.15, 0.2) is 42.5 Å². The second kappa shape index (κ2) is 5.06. The number of nitrogens with zero attached hydrogens (tertiary/aromatic N) is 1. The lowest BCUT2D eigenvalue weighted by Crippen LogP contribution is -1.94. The Labute approximate surface area is 113 Å². The molecule has 0 heterocycles. The number of nitrogens with two attached hydrogens (primary N) is 1. The molecule has 17 heavy (non-hydrogen) atoms. The standard InChI is InChI=1S/C13H9IN2O/c14-10-3-1-2-4-12(10)17-13-7-9(8-15)5-6-11(13)16/h1-7H,16H2. The molecule has 0 amide bonds. The number of nitrogen functional groups attached to an aromatic ring is 1. The lowest BCUT2D eigenvalue weighted by molar-refractivity contribution is 0.481. The first-order valence-corrected chi connectivity index (χ1v) is 6.00. The summed E-state index contributed by atoms with van der Waals surface area (Å²) in [5, 5.41) is 8.83. The quantitative estimate of drug-likeness (QED) is 0.674. The first-order chi connectivity index (χ1) is 8.20. The molecule has 84 valence electrons. The van der Waals surface area contributed by atoms with Gasteiger partial charge >= 0.3 is 0 Å². The van der Waals surface area contributed by atoms with Gasteiger partial charge in [-0.25, -0.2) is 0 Å². The van der Waals surface area contributed by atoms with Crippen molar-refractivity contribution >= 4 is 28.3 Å². The maximum absolute atomic E-state index is 8.83. The van der Waals surface area contributed by atoms with E-state index < -0.39 is 0 Å². The second-order valence-corrected chi connectivity index (χ2v) is 4.56. The molecule has 0 spiro atoms. The average molecular weight is 336 g/mol. The summed E-state index contributed by atoms with van der Waals surface area (Å²) in [5.74, 6) is 1.24. The molecular weight excluding hydrogens is 327 g/mol. The van der Waals surface area contributed by atoms with Crippen LogP contribution in [0, 0.1) is 14.9 Å². The highest BCUT2D eigenvalue weighted by Gasteiger charge is 2.06. The molecule has 0 saturated carbocycles. The molecule has 3 nitrogen and oxygen atoms in total. The van der Waals surface area contributed by atoms with E-state index >= 15 is 0 Å². The Morgan fingerprint density at radius 2 is 1.88 bits per heavy atom. The van der Waals surface area contributed by atoms with E-state index in [0.29, 0.717) is 17.0 Å². The van der Waals surface area contributed by atoms with E-state index in [2.05, 4.69) is 28.7 Å². The Hall–Kier alpha value is -1.74. The zero-order valence-electron chi connectivity index (χ0n) is 8.85. The lowest BCUT2D eigenvalue weighted by Gasteiger charge is -2.09. The van der Waals surface area contributed by atoms with Crippen molar-refractivity contribution in [2.45, 2.75) is 0 Å². The molecule has 0 aliphatic heterocycles. The fourth-order valence-electron chi connectivity index (χ4n) is 1.34. The number of hydrogen-bond donors (Lipinski definition) is 1. The van der Waals surface area contributed by atoms with E-state index in [1.165, 1.54) is 0 Å². The molecule has 0 aliphatic carbocycles. The van der Waals surface area contributed by atoms with Crippen molar-refractivity contribution in [3.8, 4) is 17.6 Å². The summed E-state index contributed by atoms with van der Waals surface area (Å²) in [7, 11) is 0. The Kier molecular flexibility index (Phi) is 3.49. The molecule has 0 fully saturated rings. The van der Waals surface area contributed by atoms with Gasteiger partial charge in [0, 0.05) is 6.07 Å². The van der Waals surface area contributed by atoms with Crippen molar-refractivity contribution in [3.05, 3.63) is 51.6 Å². The third kappa shape index (κ3) is 2.68. The van der Waals surface area contributed by atoms with Gasteiger partial charge in [0.25, 0.3) is 0 Å². The summed E-state index contributed by atoms with van der Waals surface area (Å²) in [4.78, 5) is 0. The zero-order valence-corrected chi connectivity index (χ0v) is 11.0. The van der Waals surface area contributed by atoms with Gasteiger partial charge < -0.3 is 10.5 Å². The number of anilines is 1. The molecule has 0 unspecified atom stereocenters. The minimum Gasteiger partial charge on any atom is -0.454 e. The van der Waals surface area contributed by atoms with Crippen LogP contribution in [0.2, 0.25) is 0 Å². The van der Waals surface area contributed by atoms with Gasteiger partial charge in [0.15, 0.2) is 5.75 Å². The maximum atomic E-state index is 8.83. The van der Waals surface area contributed by atoms with E-state index in [1.807, 2.05) is 24.3 Å². The van der Waals surface area contributed by atoms with Crippen molar-refractivity contribution < 1.29 is 4.74 Å². The number of para-hydroxylation sites is 1. The molecule has 4 heteroatoms. The molecule has 0 aliphatic rings. The number of benzene rings is 2. The predicted octanol–water partition coefficient (Wildman–Crippen LogP) is 3.54. The summed E-state index contributed by atoms with van der Waals surface area (Å²) in [6, 6.07) is 14.7. The smallest absolute Gasteiger partial charge is 0.151 e. The maximum Gasteiger partial charge on any atom is 0.151 e. The second-order valence-electron chi connectivity index (χ2n) is 3.40. The SMILES string of the molecule is N#Cc1ccc(N)c(Oc2ccccc2I)c1. The Morgan fingerprint density at radius 1 is 1.12 bits per heavy atom. The average Bonchev–Trinajstić information content (AvgIpc) is 2.35. The van der Waals surface area contributed by atoms with Crippen LogP contribution < -0.4 is 10.5 Å². The first-order valence-electron chi connectivity index (χ1n) is 4.92. The van der Waals surface area contributed by atoms with Crippen LogP contribution in [0.4, 0.5) is 5.69 Å². The highest BCUT2D eigenvalue weighted by atomic mass is 127. The van der Waals surface area contributed by atoms with Gasteiger partial charge in [0.1, 0.15) is 5.75 Å². The summed E-state index contributed by atoms with van der Waals surface area (Å²) < 4.78 is 6.69. The van der Waals surface area contributed by atoms with Crippen molar-refractivity contribution in [2.75, 3.05) is 5.73 Å². The van der Waals surface area contributed by atoms with Crippen molar-refractivity contribution in [1.82, 2.24) is 0 Å². The molecular formula is C13H9IN2O. The van der Waals surface area contributed by atoms with Crippen LogP contribution in [0.1, 0.15) is 5.56 Å². The Balaban J connectivity index is 2.37. The van der Waals surface area contributed by atoms with Gasteiger partial charge in [-0.05, 0) is 46.9 Å². The first kappa shape index (κ1) is 11.7. The van der Waals surface area contributed by atoms with Crippen molar-refractivity contribution in [1.29, 1.82) is 5.26 Å². The number of hydrogen-bond acceptors (Lipinski definition) is 3. The molecule has 2 N–H and O–H groups in total. The molecule has 2 aromatic rings. The van der Waals surface area contributed by atoms with E-state index in [9.17, 15) is 0 Å². The molecule has 0 aromatic heterocycles. The number of rotatable bonds is 2. The molecule has 0 radical (unpaired) electrons. The van der Waals surface area contributed by atoms with Gasteiger partial charge in [-0.2, -0.15) is 5.26 Å². The minimum atomic E-state index is 0.508. The summed E-state index contributed by atoms with van der Waals surface area (Å²) >= 11 is 2.19. The summed E-state index contributed by atoms with van der Waals surface area (Å²) in [6.45, 7) is 0. The van der Waals surface area contributed by atoms with Gasteiger partial charge in [-0.1, -0.05) is 12.1 Å². The number of halogens is 1. The van der Waals surface area contributed by atoms with E-state index in [4.69, 9.17) is 15.7 Å². The molecule has 2 rings (SSSR count). The van der Waals surface area contributed by atoms with Crippen LogP contribution in [0.5, 0.6) is 11.5 Å². The lowest BCUT2D eigenvalue weighted by atomic mass is 10.2. The topological polar surface area (TPSA) is 59.0 Å². The molecule has 2 aromatic carbocycles. The van der Waals surface area contributed by atoms with Crippen LogP contribution in [0.25, 0.3) is 0 Å². The van der Waals surface area contributed by atoms with Crippen molar-refractivity contribution in [2.24, 2.45) is 0 Å². The third-order valence-electron chi connectivity index (χ3n) is 2.20. The number of ether oxygens (including phenoxy) is 1. The van der Waals surface area contributed by atoms with Gasteiger partial charge in [-0.3, -0.25) is 0 Å². The number of nitriles is 1. The highest BCUT2D eigenvalue weighted by molar-refractivity contribution is 14.1.